The van der Waals surface area contributed by atoms with Crippen LogP contribution in [0.4, 0.5) is 5.82 Å². The molecule has 1 aromatic carbocycles. The number of methoxy groups -OCH3 is 1. The minimum atomic E-state index is -0.771. The fraction of sp³-hybridized carbons (Fsp3) is 0.630. The van der Waals surface area contributed by atoms with Gasteiger partial charge in [-0.05, 0) is 69.9 Å². The number of nitrogens with zero attached hydrogens (tertiary/aromatic N) is 5. The Bertz CT molecular complexity index is 966. The third-order valence-corrected chi connectivity index (χ3v) is 7.23. The second kappa shape index (κ2) is 11.5. The lowest BCUT2D eigenvalue weighted by atomic mass is 9.99. The molecule has 0 spiro atoms. The number of anilines is 1. The van der Waals surface area contributed by atoms with Crippen molar-refractivity contribution >= 4 is 5.82 Å². The van der Waals surface area contributed by atoms with Crippen LogP contribution in [0.1, 0.15) is 37.4 Å². The van der Waals surface area contributed by atoms with Crippen LogP contribution in [0, 0.1) is 12.8 Å². The van der Waals surface area contributed by atoms with Crippen LogP contribution in [0.15, 0.2) is 30.6 Å². The molecule has 2 fully saturated rings. The second-order valence-corrected chi connectivity index (χ2v) is 10.4. The quantitative estimate of drug-likeness (QED) is 0.553. The van der Waals surface area contributed by atoms with Gasteiger partial charge in [-0.25, -0.2) is 9.97 Å². The maximum atomic E-state index is 11.2. The van der Waals surface area contributed by atoms with Crippen LogP contribution in [0.2, 0.25) is 0 Å². The van der Waals surface area contributed by atoms with Gasteiger partial charge in [-0.2, -0.15) is 0 Å². The lowest BCUT2D eigenvalue weighted by Crippen LogP contribution is -2.43. The van der Waals surface area contributed by atoms with Crippen molar-refractivity contribution in [3.05, 3.63) is 41.9 Å². The van der Waals surface area contributed by atoms with Gasteiger partial charge in [0.15, 0.2) is 11.5 Å². The van der Waals surface area contributed by atoms with E-state index in [1.165, 1.54) is 12.8 Å². The van der Waals surface area contributed by atoms with Crippen molar-refractivity contribution in [3.63, 3.8) is 0 Å². The van der Waals surface area contributed by atoms with Gasteiger partial charge in [0, 0.05) is 44.5 Å². The summed E-state index contributed by atoms with van der Waals surface area (Å²) in [7, 11) is 3.73. The molecule has 1 aromatic heterocycles. The predicted octanol–water partition coefficient (Wildman–Crippen LogP) is 2.98. The average molecular weight is 484 g/mol. The molecule has 35 heavy (non-hydrogen) atoms. The predicted molar refractivity (Wildman–Crippen MR) is 138 cm³/mol. The highest BCUT2D eigenvalue weighted by molar-refractivity contribution is 5.43. The van der Waals surface area contributed by atoms with Crippen LogP contribution >= 0.6 is 0 Å². The third kappa shape index (κ3) is 7.06. The second-order valence-electron chi connectivity index (χ2n) is 10.4. The summed E-state index contributed by atoms with van der Waals surface area (Å²) in [6, 6.07) is 8.11. The van der Waals surface area contributed by atoms with E-state index in [0.717, 1.165) is 67.2 Å². The fourth-order valence-electron chi connectivity index (χ4n) is 5.16. The Labute approximate surface area is 209 Å². The number of hydrogen-bond acceptors (Lipinski definition) is 8. The van der Waals surface area contributed by atoms with Crippen molar-refractivity contribution in [2.75, 3.05) is 64.9 Å². The van der Waals surface area contributed by atoms with E-state index in [-0.39, 0.29) is 0 Å². The summed E-state index contributed by atoms with van der Waals surface area (Å²) >= 11 is 0. The van der Waals surface area contributed by atoms with Crippen LogP contribution in [-0.4, -0.2) is 90.5 Å². The van der Waals surface area contributed by atoms with E-state index < -0.39 is 5.60 Å². The first-order valence-corrected chi connectivity index (χ1v) is 12.8. The largest absolute Gasteiger partial charge is 0.493 e. The first kappa shape index (κ1) is 25.7. The zero-order chi connectivity index (χ0) is 24.8. The number of likely N-dealkylation sites (tertiary alicyclic amines) is 1. The van der Waals surface area contributed by atoms with Crippen LogP contribution in [-0.2, 0) is 6.54 Å². The molecular weight excluding hydrogens is 442 g/mol. The Hall–Kier alpha value is -2.42. The number of likely N-dealkylation sites (N-methyl/N-ethyl adjacent to an activating group) is 1. The van der Waals surface area contributed by atoms with Crippen molar-refractivity contribution in [1.29, 1.82) is 0 Å². The van der Waals surface area contributed by atoms with Crippen LogP contribution in [0.3, 0.4) is 0 Å². The number of β-amino-alcohol motifs (C(OH)–C–C–N with tert-alkyl or cyclic N) is 1. The van der Waals surface area contributed by atoms with E-state index in [2.05, 4.69) is 37.7 Å². The highest BCUT2D eigenvalue weighted by atomic mass is 16.5. The first-order chi connectivity index (χ1) is 16.8. The minimum absolute atomic E-state index is 0.569. The van der Waals surface area contributed by atoms with Crippen molar-refractivity contribution < 1.29 is 14.6 Å². The number of aromatic nitrogens is 2. The lowest BCUT2D eigenvalue weighted by Gasteiger charge is -2.30. The van der Waals surface area contributed by atoms with Gasteiger partial charge in [0.1, 0.15) is 18.8 Å². The topological polar surface area (TPSA) is 74.2 Å². The fourth-order valence-corrected chi connectivity index (χ4v) is 5.16. The molecule has 1 unspecified atom stereocenters. The van der Waals surface area contributed by atoms with Crippen molar-refractivity contribution in [2.24, 2.45) is 5.92 Å². The number of ether oxygens (including phenoxy) is 2. The number of rotatable bonds is 10. The third-order valence-electron chi connectivity index (χ3n) is 7.23. The molecule has 192 valence electrons. The lowest BCUT2D eigenvalue weighted by molar-refractivity contribution is 0.0279. The smallest absolute Gasteiger partial charge is 0.161 e. The van der Waals surface area contributed by atoms with E-state index in [1.54, 1.807) is 13.4 Å². The SMILES string of the molecule is COc1cc(CN(C)CC2(O)CCN(c3cc(C)ncn3)C2)ccc1OCCN1CCC(C)CC1. The van der Waals surface area contributed by atoms with Gasteiger partial charge < -0.3 is 19.5 Å². The molecule has 2 saturated heterocycles. The molecule has 2 aliphatic heterocycles. The number of aryl methyl sites for hydroxylation is 1. The highest BCUT2D eigenvalue weighted by Gasteiger charge is 2.37. The van der Waals surface area contributed by atoms with Gasteiger partial charge in [0.25, 0.3) is 0 Å². The van der Waals surface area contributed by atoms with Gasteiger partial charge in [-0.3, -0.25) is 9.80 Å². The molecule has 4 rings (SSSR count). The van der Waals surface area contributed by atoms with Crippen LogP contribution < -0.4 is 14.4 Å². The summed E-state index contributed by atoms with van der Waals surface area (Å²) in [5.41, 5.74) is 1.30. The first-order valence-electron chi connectivity index (χ1n) is 12.8. The van der Waals surface area contributed by atoms with E-state index in [4.69, 9.17) is 9.47 Å². The summed E-state index contributed by atoms with van der Waals surface area (Å²) in [6.45, 7) is 10.9. The van der Waals surface area contributed by atoms with E-state index in [9.17, 15) is 5.11 Å². The molecule has 0 saturated carbocycles. The standard InChI is InChI=1S/C27H41N5O3/c1-21-7-10-31(11-8-21)13-14-35-24-6-5-23(16-25(24)34-4)17-30(3)18-27(33)9-12-32(19-27)26-15-22(2)28-20-29-26/h5-6,15-16,20-21,33H,7-14,17-19H2,1-4H3. The molecule has 0 bridgehead atoms. The maximum absolute atomic E-state index is 11.2. The van der Waals surface area contributed by atoms with Gasteiger partial charge in [-0.15, -0.1) is 0 Å². The van der Waals surface area contributed by atoms with Crippen LogP contribution in [0.25, 0.3) is 0 Å². The molecule has 2 aliphatic rings. The Balaban J connectivity index is 1.27. The summed E-state index contributed by atoms with van der Waals surface area (Å²) < 4.78 is 11.7. The molecule has 1 atom stereocenters. The zero-order valence-electron chi connectivity index (χ0n) is 21.7. The molecule has 3 heterocycles. The molecule has 8 heteroatoms. The van der Waals surface area contributed by atoms with Crippen molar-refractivity contribution in [2.45, 2.75) is 45.3 Å². The molecule has 8 nitrogen and oxygen atoms in total. The number of aliphatic hydroxyl groups is 1. The van der Waals surface area contributed by atoms with Gasteiger partial charge >= 0.3 is 0 Å². The Kier molecular flexibility index (Phi) is 8.46. The molecular formula is C27H41N5O3. The summed E-state index contributed by atoms with van der Waals surface area (Å²) in [4.78, 5) is 15.3. The Morgan fingerprint density at radius 1 is 1.14 bits per heavy atom. The number of piperidine rings is 1. The Morgan fingerprint density at radius 2 is 1.94 bits per heavy atom. The minimum Gasteiger partial charge on any atom is -0.493 e. The Morgan fingerprint density at radius 3 is 2.69 bits per heavy atom. The van der Waals surface area contributed by atoms with Gasteiger partial charge in [0.2, 0.25) is 0 Å². The normalized spacial score (nSPS) is 21.6. The van der Waals surface area contributed by atoms with E-state index in [0.29, 0.717) is 26.1 Å². The maximum Gasteiger partial charge on any atom is 0.161 e. The van der Waals surface area contributed by atoms with E-state index >= 15 is 0 Å². The monoisotopic (exact) mass is 483 g/mol. The van der Waals surface area contributed by atoms with Crippen molar-refractivity contribution in [1.82, 2.24) is 19.8 Å². The molecule has 2 aromatic rings. The summed E-state index contributed by atoms with van der Waals surface area (Å²) in [5.74, 6) is 3.27. The molecule has 1 N–H and O–H groups in total. The number of benzene rings is 1. The zero-order valence-corrected chi connectivity index (χ0v) is 21.7. The summed E-state index contributed by atoms with van der Waals surface area (Å²) in [5, 5.41) is 11.2. The average Bonchev–Trinajstić information content (AvgIpc) is 3.22. The van der Waals surface area contributed by atoms with Gasteiger partial charge in [0.05, 0.1) is 12.7 Å². The highest BCUT2D eigenvalue weighted by Crippen LogP contribution is 2.30. The number of hydrogen-bond donors (Lipinski definition) is 1. The van der Waals surface area contributed by atoms with Crippen molar-refractivity contribution in [3.8, 4) is 11.5 Å². The molecule has 0 aliphatic carbocycles. The molecule has 0 amide bonds. The molecule has 0 radical (unpaired) electrons. The summed E-state index contributed by atoms with van der Waals surface area (Å²) in [6.07, 6.45) is 4.85. The van der Waals surface area contributed by atoms with Crippen LogP contribution in [0.5, 0.6) is 11.5 Å². The van der Waals surface area contributed by atoms with E-state index in [1.807, 2.05) is 32.2 Å². The van der Waals surface area contributed by atoms with Gasteiger partial charge in [-0.1, -0.05) is 13.0 Å².